The molecule has 0 bridgehead atoms. The molecule has 1 amide bonds. The van der Waals surface area contributed by atoms with Crippen molar-refractivity contribution in [1.82, 2.24) is 0 Å². The Morgan fingerprint density at radius 2 is 1.94 bits per heavy atom. The molecule has 4 N–H and O–H groups in total. The fourth-order valence-electron chi connectivity index (χ4n) is 2.87. The number of carbonyl (C=O) groups excluding carboxylic acids is 1. The molecule has 1 spiro atoms. The van der Waals surface area contributed by atoms with E-state index in [1.807, 2.05) is 18.2 Å². The summed E-state index contributed by atoms with van der Waals surface area (Å²) in [6.07, 6.45) is 4.26. The van der Waals surface area contributed by atoms with Gasteiger partial charge in [-0.1, -0.05) is 12.8 Å². The van der Waals surface area contributed by atoms with Crippen molar-refractivity contribution < 1.29 is 4.79 Å². The Balaban J connectivity index is 1.96. The second-order valence-electron chi connectivity index (χ2n) is 5.10. The smallest absolute Gasteiger partial charge is 0.232 e. The lowest BCUT2D eigenvalue weighted by atomic mass is 9.85. The van der Waals surface area contributed by atoms with Gasteiger partial charge in [0.15, 0.2) is 0 Å². The van der Waals surface area contributed by atoms with Gasteiger partial charge >= 0.3 is 0 Å². The summed E-state index contributed by atoms with van der Waals surface area (Å²) in [6, 6.07) is 5.59. The van der Waals surface area contributed by atoms with Crippen LogP contribution in [0.5, 0.6) is 0 Å². The SMILES string of the molecule is Nc1ccc2c(c1)NC(=O)C1(CCCC1)CN2. The first-order valence-corrected chi connectivity index (χ1v) is 6.15. The summed E-state index contributed by atoms with van der Waals surface area (Å²) < 4.78 is 0. The largest absolute Gasteiger partial charge is 0.399 e. The van der Waals surface area contributed by atoms with Crippen molar-refractivity contribution in [2.45, 2.75) is 25.7 Å². The minimum atomic E-state index is -0.215. The van der Waals surface area contributed by atoms with E-state index in [1.54, 1.807) is 0 Å². The molecule has 2 aliphatic rings. The van der Waals surface area contributed by atoms with E-state index in [0.717, 1.165) is 43.6 Å². The third kappa shape index (κ3) is 1.64. The van der Waals surface area contributed by atoms with Crippen LogP contribution in [0.15, 0.2) is 18.2 Å². The van der Waals surface area contributed by atoms with Crippen LogP contribution in [-0.2, 0) is 4.79 Å². The normalized spacial score (nSPS) is 21.5. The van der Waals surface area contributed by atoms with Crippen LogP contribution in [0.1, 0.15) is 25.7 Å². The van der Waals surface area contributed by atoms with Gasteiger partial charge in [0.25, 0.3) is 0 Å². The fraction of sp³-hybridized carbons (Fsp3) is 0.462. The molecule has 3 rings (SSSR count). The maximum atomic E-state index is 12.3. The quantitative estimate of drug-likeness (QED) is 0.600. The minimum Gasteiger partial charge on any atom is -0.399 e. The van der Waals surface area contributed by atoms with Gasteiger partial charge in [0.2, 0.25) is 5.91 Å². The Morgan fingerprint density at radius 3 is 2.71 bits per heavy atom. The van der Waals surface area contributed by atoms with Crippen LogP contribution in [-0.4, -0.2) is 12.5 Å². The number of anilines is 3. The van der Waals surface area contributed by atoms with Gasteiger partial charge in [0.1, 0.15) is 0 Å². The summed E-state index contributed by atoms with van der Waals surface area (Å²) in [7, 11) is 0. The Labute approximate surface area is 101 Å². The molecular weight excluding hydrogens is 214 g/mol. The van der Waals surface area contributed by atoms with Gasteiger partial charge in [-0.05, 0) is 31.0 Å². The zero-order valence-electron chi connectivity index (χ0n) is 9.75. The van der Waals surface area contributed by atoms with Gasteiger partial charge in [-0.25, -0.2) is 0 Å². The molecule has 17 heavy (non-hydrogen) atoms. The van der Waals surface area contributed by atoms with Crippen molar-refractivity contribution >= 4 is 23.0 Å². The number of hydrogen-bond donors (Lipinski definition) is 3. The summed E-state index contributed by atoms with van der Waals surface area (Å²) in [5.74, 6) is 0.145. The molecule has 90 valence electrons. The van der Waals surface area contributed by atoms with Crippen molar-refractivity contribution in [3.8, 4) is 0 Å². The summed E-state index contributed by atoms with van der Waals surface area (Å²) in [5, 5.41) is 6.39. The Kier molecular flexibility index (Phi) is 2.24. The van der Waals surface area contributed by atoms with E-state index in [-0.39, 0.29) is 11.3 Å². The van der Waals surface area contributed by atoms with E-state index in [1.165, 1.54) is 0 Å². The zero-order chi connectivity index (χ0) is 11.9. The monoisotopic (exact) mass is 231 g/mol. The standard InChI is InChI=1S/C13H17N3O/c14-9-3-4-10-11(7-9)16-12(17)13(8-15-10)5-1-2-6-13/h3-4,7,15H,1-2,5-6,8,14H2,(H,16,17). The predicted molar refractivity (Wildman–Crippen MR) is 68.9 cm³/mol. The summed E-state index contributed by atoms with van der Waals surface area (Å²) in [5.41, 5.74) is 7.98. The number of benzene rings is 1. The lowest BCUT2D eigenvalue weighted by molar-refractivity contribution is -0.124. The predicted octanol–water partition coefficient (Wildman–Crippen LogP) is 2.19. The maximum absolute atomic E-state index is 12.3. The van der Waals surface area contributed by atoms with Crippen molar-refractivity contribution in [2.75, 3.05) is 22.9 Å². The molecule has 1 aromatic carbocycles. The van der Waals surface area contributed by atoms with Gasteiger partial charge in [-0.2, -0.15) is 0 Å². The van der Waals surface area contributed by atoms with Crippen LogP contribution >= 0.6 is 0 Å². The van der Waals surface area contributed by atoms with Crippen LogP contribution < -0.4 is 16.4 Å². The molecule has 1 fully saturated rings. The van der Waals surface area contributed by atoms with Crippen molar-refractivity contribution in [1.29, 1.82) is 0 Å². The average molecular weight is 231 g/mol. The third-order valence-corrected chi connectivity index (χ3v) is 3.95. The van der Waals surface area contributed by atoms with Gasteiger partial charge in [-0.3, -0.25) is 4.79 Å². The summed E-state index contributed by atoms with van der Waals surface area (Å²) in [6.45, 7) is 0.732. The van der Waals surface area contributed by atoms with Crippen LogP contribution in [0, 0.1) is 5.41 Å². The molecule has 0 saturated heterocycles. The van der Waals surface area contributed by atoms with Crippen LogP contribution in [0.3, 0.4) is 0 Å². The molecule has 0 atom stereocenters. The molecule has 1 saturated carbocycles. The average Bonchev–Trinajstić information content (AvgIpc) is 2.73. The highest BCUT2D eigenvalue weighted by molar-refractivity contribution is 6.00. The van der Waals surface area contributed by atoms with E-state index in [4.69, 9.17) is 5.73 Å². The Bertz CT molecular complexity index is 464. The maximum Gasteiger partial charge on any atom is 0.232 e. The first kappa shape index (κ1) is 10.4. The number of amides is 1. The number of nitrogens with two attached hydrogens (primary N) is 1. The highest BCUT2D eigenvalue weighted by atomic mass is 16.2. The highest BCUT2D eigenvalue weighted by Gasteiger charge is 2.42. The lowest BCUT2D eigenvalue weighted by Gasteiger charge is -2.24. The first-order chi connectivity index (χ1) is 8.20. The molecule has 1 aliphatic carbocycles. The zero-order valence-corrected chi connectivity index (χ0v) is 9.75. The number of nitrogen functional groups attached to an aromatic ring is 1. The van der Waals surface area contributed by atoms with Crippen LogP contribution in [0.25, 0.3) is 0 Å². The van der Waals surface area contributed by atoms with E-state index in [2.05, 4.69) is 10.6 Å². The van der Waals surface area contributed by atoms with E-state index >= 15 is 0 Å². The van der Waals surface area contributed by atoms with Crippen LogP contribution in [0.2, 0.25) is 0 Å². The number of fused-ring (bicyclic) bond motifs is 1. The minimum absolute atomic E-state index is 0.145. The summed E-state index contributed by atoms with van der Waals surface area (Å²) in [4.78, 5) is 12.3. The number of nitrogens with one attached hydrogen (secondary N) is 2. The molecule has 0 aromatic heterocycles. The first-order valence-electron chi connectivity index (χ1n) is 6.15. The fourth-order valence-corrected chi connectivity index (χ4v) is 2.87. The lowest BCUT2D eigenvalue weighted by Crippen LogP contribution is -2.37. The van der Waals surface area contributed by atoms with Gasteiger partial charge in [0.05, 0.1) is 16.8 Å². The summed E-state index contributed by atoms with van der Waals surface area (Å²) >= 11 is 0. The van der Waals surface area contributed by atoms with Gasteiger partial charge in [-0.15, -0.1) is 0 Å². The van der Waals surface area contributed by atoms with E-state index in [0.29, 0.717) is 5.69 Å². The number of carbonyl (C=O) groups is 1. The molecule has 4 heteroatoms. The molecule has 0 unspecified atom stereocenters. The van der Waals surface area contributed by atoms with E-state index < -0.39 is 0 Å². The van der Waals surface area contributed by atoms with Crippen molar-refractivity contribution in [3.05, 3.63) is 18.2 Å². The molecule has 1 aromatic rings. The number of hydrogen-bond acceptors (Lipinski definition) is 3. The molecule has 1 aliphatic heterocycles. The Morgan fingerprint density at radius 1 is 1.18 bits per heavy atom. The van der Waals surface area contributed by atoms with Gasteiger partial charge < -0.3 is 16.4 Å². The Hall–Kier alpha value is -1.71. The third-order valence-electron chi connectivity index (χ3n) is 3.95. The van der Waals surface area contributed by atoms with Gasteiger partial charge in [0, 0.05) is 12.2 Å². The van der Waals surface area contributed by atoms with Crippen LogP contribution in [0.4, 0.5) is 17.1 Å². The highest BCUT2D eigenvalue weighted by Crippen LogP contribution is 2.42. The molecule has 1 heterocycles. The topological polar surface area (TPSA) is 67.1 Å². The van der Waals surface area contributed by atoms with E-state index in [9.17, 15) is 4.79 Å². The second-order valence-corrected chi connectivity index (χ2v) is 5.10. The molecular formula is C13H17N3O. The van der Waals surface area contributed by atoms with Crippen molar-refractivity contribution in [2.24, 2.45) is 5.41 Å². The number of rotatable bonds is 0. The van der Waals surface area contributed by atoms with Crippen molar-refractivity contribution in [3.63, 3.8) is 0 Å². The molecule has 0 radical (unpaired) electrons. The molecule has 4 nitrogen and oxygen atoms in total. The second kappa shape index (κ2) is 3.65.